The molecule has 114 valence electrons. The zero-order chi connectivity index (χ0) is 15.4. The number of carbonyl (C=O) groups is 1. The molecule has 0 radical (unpaired) electrons. The number of carbonyl (C=O) groups excluding carboxylic acids is 1. The van der Waals surface area contributed by atoms with E-state index in [0.29, 0.717) is 5.56 Å². The normalized spacial score (nSPS) is 15.5. The number of nitro groups is 1. The average molecular weight is 293 g/mol. The van der Waals surface area contributed by atoms with Crippen molar-refractivity contribution in [3.8, 4) is 0 Å². The lowest BCUT2D eigenvalue weighted by atomic mass is 10.1. The standard InChI is InChI=1S/C14H19N3O4/c1-21-9-12(15)14(18)16(11-6-7-11)8-10-4-2-3-5-13(10)17(19)20/h2-5,11-12H,6-9,15H2,1H3. The van der Waals surface area contributed by atoms with Crippen LogP contribution >= 0.6 is 0 Å². The van der Waals surface area contributed by atoms with Crippen LogP contribution in [0, 0.1) is 10.1 Å². The molecule has 1 aromatic carbocycles. The van der Waals surface area contributed by atoms with E-state index in [9.17, 15) is 14.9 Å². The summed E-state index contributed by atoms with van der Waals surface area (Å²) in [5, 5.41) is 11.1. The van der Waals surface area contributed by atoms with Crippen LogP contribution in [0.4, 0.5) is 5.69 Å². The maximum atomic E-state index is 12.4. The van der Waals surface area contributed by atoms with E-state index < -0.39 is 11.0 Å². The second kappa shape index (κ2) is 6.64. The van der Waals surface area contributed by atoms with Crippen LogP contribution < -0.4 is 5.73 Å². The molecule has 2 N–H and O–H groups in total. The second-order valence-corrected chi connectivity index (χ2v) is 5.14. The summed E-state index contributed by atoms with van der Waals surface area (Å²) >= 11 is 0. The number of hydrogen-bond donors (Lipinski definition) is 1. The Labute approximate surface area is 122 Å². The molecular weight excluding hydrogens is 274 g/mol. The van der Waals surface area contributed by atoms with Crippen LogP contribution in [0.25, 0.3) is 0 Å². The molecular formula is C14H19N3O4. The number of hydrogen-bond acceptors (Lipinski definition) is 5. The highest BCUT2D eigenvalue weighted by Gasteiger charge is 2.35. The van der Waals surface area contributed by atoms with Crippen LogP contribution in [0.15, 0.2) is 24.3 Å². The first-order chi connectivity index (χ1) is 10.0. The van der Waals surface area contributed by atoms with Crippen molar-refractivity contribution in [3.63, 3.8) is 0 Å². The van der Waals surface area contributed by atoms with Gasteiger partial charge in [-0.1, -0.05) is 18.2 Å². The molecule has 0 bridgehead atoms. The van der Waals surface area contributed by atoms with Crippen LogP contribution in [0.3, 0.4) is 0 Å². The first-order valence-corrected chi connectivity index (χ1v) is 6.82. The van der Waals surface area contributed by atoms with Gasteiger partial charge in [-0.15, -0.1) is 0 Å². The summed E-state index contributed by atoms with van der Waals surface area (Å²) in [5.74, 6) is -0.225. The van der Waals surface area contributed by atoms with E-state index in [1.165, 1.54) is 13.2 Å². The van der Waals surface area contributed by atoms with Crippen molar-refractivity contribution in [2.75, 3.05) is 13.7 Å². The highest BCUT2D eigenvalue weighted by Crippen LogP contribution is 2.30. The Balaban J connectivity index is 2.17. The van der Waals surface area contributed by atoms with Crippen molar-refractivity contribution >= 4 is 11.6 Å². The van der Waals surface area contributed by atoms with E-state index in [1.807, 2.05) is 0 Å². The minimum Gasteiger partial charge on any atom is -0.383 e. The summed E-state index contributed by atoms with van der Waals surface area (Å²) in [4.78, 5) is 24.6. The largest absolute Gasteiger partial charge is 0.383 e. The molecule has 7 nitrogen and oxygen atoms in total. The van der Waals surface area contributed by atoms with Gasteiger partial charge in [0, 0.05) is 24.8 Å². The third kappa shape index (κ3) is 3.77. The van der Waals surface area contributed by atoms with E-state index in [1.54, 1.807) is 23.1 Å². The highest BCUT2D eigenvalue weighted by atomic mass is 16.6. The molecule has 1 amide bonds. The Kier molecular flexibility index (Phi) is 4.87. The lowest BCUT2D eigenvalue weighted by Crippen LogP contribution is -2.46. The van der Waals surface area contributed by atoms with E-state index in [0.717, 1.165) is 12.8 Å². The summed E-state index contributed by atoms with van der Waals surface area (Å²) in [7, 11) is 1.48. The molecule has 1 aliphatic rings. The first kappa shape index (κ1) is 15.4. The van der Waals surface area contributed by atoms with Crippen molar-refractivity contribution in [2.24, 2.45) is 5.73 Å². The maximum Gasteiger partial charge on any atom is 0.274 e. The summed E-state index contributed by atoms with van der Waals surface area (Å²) in [6.07, 6.45) is 1.82. The maximum absolute atomic E-state index is 12.4. The molecule has 0 spiro atoms. The van der Waals surface area contributed by atoms with Gasteiger partial charge in [-0.2, -0.15) is 0 Å². The Hall–Kier alpha value is -1.99. The lowest BCUT2D eigenvalue weighted by Gasteiger charge is -2.25. The Bertz CT molecular complexity index is 531. The molecule has 1 saturated carbocycles. The third-order valence-corrected chi connectivity index (χ3v) is 3.46. The van der Waals surface area contributed by atoms with Crippen LogP contribution in [0.5, 0.6) is 0 Å². The fourth-order valence-electron chi connectivity index (χ4n) is 2.24. The Morgan fingerprint density at radius 3 is 2.76 bits per heavy atom. The molecule has 1 aromatic rings. The van der Waals surface area contributed by atoms with E-state index >= 15 is 0 Å². The summed E-state index contributed by atoms with van der Waals surface area (Å²) < 4.78 is 4.91. The van der Waals surface area contributed by atoms with Crippen LogP contribution in [-0.4, -0.2) is 41.5 Å². The van der Waals surface area contributed by atoms with E-state index in [4.69, 9.17) is 10.5 Å². The topological polar surface area (TPSA) is 98.7 Å². The summed E-state index contributed by atoms with van der Waals surface area (Å²) in [6, 6.07) is 5.84. The number of nitrogens with two attached hydrogens (primary N) is 1. The molecule has 0 aromatic heterocycles. The molecule has 1 atom stereocenters. The molecule has 2 rings (SSSR count). The smallest absolute Gasteiger partial charge is 0.274 e. The van der Waals surface area contributed by atoms with Crippen LogP contribution in [-0.2, 0) is 16.1 Å². The van der Waals surface area contributed by atoms with Gasteiger partial charge in [0.1, 0.15) is 6.04 Å². The fraction of sp³-hybridized carbons (Fsp3) is 0.500. The van der Waals surface area contributed by atoms with Gasteiger partial charge in [0.2, 0.25) is 5.91 Å². The van der Waals surface area contributed by atoms with Gasteiger partial charge < -0.3 is 15.4 Å². The number of ether oxygens (including phenoxy) is 1. The van der Waals surface area contributed by atoms with Crippen LogP contribution in [0.2, 0.25) is 0 Å². The van der Waals surface area contributed by atoms with Gasteiger partial charge in [-0.25, -0.2) is 0 Å². The van der Waals surface area contributed by atoms with E-state index in [-0.39, 0.29) is 30.8 Å². The van der Waals surface area contributed by atoms with Crippen molar-refractivity contribution < 1.29 is 14.5 Å². The second-order valence-electron chi connectivity index (χ2n) is 5.14. The summed E-state index contributed by atoms with van der Waals surface area (Å²) in [5.41, 5.74) is 6.34. The zero-order valence-corrected chi connectivity index (χ0v) is 11.9. The van der Waals surface area contributed by atoms with Crippen molar-refractivity contribution in [1.82, 2.24) is 4.90 Å². The minimum absolute atomic E-state index is 0.0243. The van der Waals surface area contributed by atoms with Gasteiger partial charge in [0.15, 0.2) is 0 Å². The third-order valence-electron chi connectivity index (χ3n) is 3.46. The average Bonchev–Trinajstić information content (AvgIpc) is 3.29. The van der Waals surface area contributed by atoms with Gasteiger partial charge in [0.05, 0.1) is 18.1 Å². The number of para-hydroxylation sites is 1. The minimum atomic E-state index is -0.738. The Morgan fingerprint density at radius 2 is 2.19 bits per heavy atom. The number of benzene rings is 1. The number of rotatable bonds is 7. The quantitative estimate of drug-likeness (QED) is 0.598. The number of methoxy groups -OCH3 is 1. The SMILES string of the molecule is COCC(N)C(=O)N(Cc1ccccc1[N+](=O)[O-])C1CC1. The van der Waals surface area contributed by atoms with Crippen LogP contribution in [0.1, 0.15) is 18.4 Å². The molecule has 0 saturated heterocycles. The molecule has 1 fully saturated rings. The number of nitrogens with zero attached hydrogens (tertiary/aromatic N) is 2. The molecule has 0 aliphatic heterocycles. The lowest BCUT2D eigenvalue weighted by molar-refractivity contribution is -0.385. The summed E-state index contributed by atoms with van der Waals surface area (Å²) in [6.45, 7) is 0.344. The molecule has 21 heavy (non-hydrogen) atoms. The number of amides is 1. The van der Waals surface area contributed by atoms with Crippen molar-refractivity contribution in [1.29, 1.82) is 0 Å². The van der Waals surface area contributed by atoms with Gasteiger partial charge in [-0.3, -0.25) is 14.9 Å². The highest BCUT2D eigenvalue weighted by molar-refractivity contribution is 5.82. The molecule has 1 aliphatic carbocycles. The predicted molar refractivity (Wildman–Crippen MR) is 76.5 cm³/mol. The van der Waals surface area contributed by atoms with Gasteiger partial charge in [-0.05, 0) is 12.8 Å². The molecule has 1 unspecified atom stereocenters. The first-order valence-electron chi connectivity index (χ1n) is 6.82. The number of nitro benzene ring substituents is 1. The fourth-order valence-corrected chi connectivity index (χ4v) is 2.24. The van der Waals surface area contributed by atoms with Crippen molar-refractivity contribution in [3.05, 3.63) is 39.9 Å². The van der Waals surface area contributed by atoms with Gasteiger partial charge >= 0.3 is 0 Å². The zero-order valence-electron chi connectivity index (χ0n) is 11.9. The molecule has 7 heteroatoms. The molecule has 0 heterocycles. The van der Waals surface area contributed by atoms with E-state index in [2.05, 4.69) is 0 Å². The van der Waals surface area contributed by atoms with Crippen molar-refractivity contribution in [2.45, 2.75) is 31.5 Å². The predicted octanol–water partition coefficient (Wildman–Crippen LogP) is 1.06. The monoisotopic (exact) mass is 293 g/mol. The Morgan fingerprint density at radius 1 is 1.52 bits per heavy atom. The van der Waals surface area contributed by atoms with Gasteiger partial charge in [0.25, 0.3) is 5.69 Å².